The lowest BCUT2D eigenvalue weighted by atomic mass is 9.92. The Bertz CT molecular complexity index is 425. The first-order valence-corrected chi connectivity index (χ1v) is 4.79. The van der Waals surface area contributed by atoms with Crippen LogP contribution in [0, 0.1) is 5.92 Å². The highest BCUT2D eigenvalue weighted by atomic mass is 16.4. The molecule has 1 aliphatic heterocycles. The van der Waals surface area contributed by atoms with E-state index in [1.807, 2.05) is 0 Å². The van der Waals surface area contributed by atoms with Crippen molar-refractivity contribution >= 4 is 17.7 Å². The standard InChI is InChI=1S/C10H10N2O4/c13-6-3-1-2-5-9(6)10(16)12-7(11-5)4-8(14)15/h1-3,7,9,11H,4H2,(H,12,16)(H,14,15). The Morgan fingerprint density at radius 1 is 1.38 bits per heavy atom. The molecule has 0 bridgehead atoms. The van der Waals surface area contributed by atoms with Gasteiger partial charge in [0.1, 0.15) is 12.1 Å². The largest absolute Gasteiger partial charge is 0.481 e. The fraction of sp³-hybridized carbons (Fsp3) is 0.300. The fourth-order valence-electron chi connectivity index (χ4n) is 1.76. The molecule has 6 nitrogen and oxygen atoms in total. The van der Waals surface area contributed by atoms with Crippen LogP contribution >= 0.6 is 0 Å². The number of carboxylic acid groups (broad SMARTS) is 1. The second-order valence-electron chi connectivity index (χ2n) is 3.62. The molecule has 0 aromatic heterocycles. The lowest BCUT2D eigenvalue weighted by Gasteiger charge is -2.32. The van der Waals surface area contributed by atoms with Gasteiger partial charge in [0, 0.05) is 5.70 Å². The number of carbonyl (C=O) groups excluding carboxylic acids is 2. The molecular weight excluding hydrogens is 212 g/mol. The van der Waals surface area contributed by atoms with Crippen LogP contribution < -0.4 is 10.6 Å². The predicted octanol–water partition coefficient (Wildman–Crippen LogP) is -0.854. The zero-order valence-electron chi connectivity index (χ0n) is 8.27. The smallest absolute Gasteiger partial charge is 0.307 e. The summed E-state index contributed by atoms with van der Waals surface area (Å²) in [4.78, 5) is 33.5. The number of rotatable bonds is 2. The summed E-state index contributed by atoms with van der Waals surface area (Å²) in [6.07, 6.45) is 3.59. The van der Waals surface area contributed by atoms with Gasteiger partial charge in [0.15, 0.2) is 5.78 Å². The number of amides is 1. The molecule has 2 unspecified atom stereocenters. The molecule has 1 saturated heterocycles. The molecule has 2 atom stereocenters. The van der Waals surface area contributed by atoms with E-state index in [1.54, 1.807) is 6.08 Å². The zero-order valence-corrected chi connectivity index (χ0v) is 8.27. The van der Waals surface area contributed by atoms with Crippen LogP contribution in [0.4, 0.5) is 0 Å². The van der Waals surface area contributed by atoms with Crippen molar-refractivity contribution in [3.05, 3.63) is 23.9 Å². The highest BCUT2D eigenvalue weighted by Crippen LogP contribution is 2.20. The van der Waals surface area contributed by atoms with Crippen molar-refractivity contribution in [3.8, 4) is 0 Å². The van der Waals surface area contributed by atoms with Crippen molar-refractivity contribution < 1.29 is 19.5 Å². The van der Waals surface area contributed by atoms with Crippen LogP contribution in [0.3, 0.4) is 0 Å². The molecule has 2 aliphatic rings. The first-order valence-electron chi connectivity index (χ1n) is 4.79. The van der Waals surface area contributed by atoms with E-state index in [1.165, 1.54) is 12.2 Å². The Morgan fingerprint density at radius 3 is 2.81 bits per heavy atom. The van der Waals surface area contributed by atoms with Gasteiger partial charge in [0.2, 0.25) is 5.91 Å². The Morgan fingerprint density at radius 2 is 2.12 bits per heavy atom. The van der Waals surface area contributed by atoms with Gasteiger partial charge < -0.3 is 15.7 Å². The van der Waals surface area contributed by atoms with E-state index < -0.39 is 24.0 Å². The molecule has 1 fully saturated rings. The summed E-state index contributed by atoms with van der Waals surface area (Å²) in [5.74, 6) is -2.62. The number of carbonyl (C=O) groups is 3. The lowest BCUT2D eigenvalue weighted by Crippen LogP contribution is -2.57. The molecule has 16 heavy (non-hydrogen) atoms. The van der Waals surface area contributed by atoms with Crippen molar-refractivity contribution in [1.29, 1.82) is 0 Å². The summed E-state index contributed by atoms with van der Waals surface area (Å²) in [6, 6.07) is 0. The van der Waals surface area contributed by atoms with Crippen LogP contribution in [0.15, 0.2) is 23.9 Å². The van der Waals surface area contributed by atoms with Crippen LogP contribution in [-0.2, 0) is 14.4 Å². The van der Waals surface area contributed by atoms with E-state index in [0.29, 0.717) is 5.70 Å². The summed E-state index contributed by atoms with van der Waals surface area (Å²) in [7, 11) is 0. The number of aliphatic carboxylic acids is 1. The van der Waals surface area contributed by atoms with Crippen molar-refractivity contribution in [2.45, 2.75) is 12.6 Å². The molecule has 0 spiro atoms. The molecule has 0 saturated carbocycles. The third-order valence-corrected chi connectivity index (χ3v) is 2.43. The summed E-state index contributed by atoms with van der Waals surface area (Å²) in [5.41, 5.74) is 0.461. The van der Waals surface area contributed by atoms with Gasteiger partial charge in [-0.3, -0.25) is 14.4 Å². The Kier molecular flexibility index (Phi) is 2.47. The van der Waals surface area contributed by atoms with Crippen LogP contribution in [-0.4, -0.2) is 28.9 Å². The number of nitrogens with one attached hydrogen (secondary N) is 2. The average Bonchev–Trinajstić information content (AvgIpc) is 2.15. The molecule has 0 aromatic carbocycles. The highest BCUT2D eigenvalue weighted by Gasteiger charge is 2.37. The molecule has 1 heterocycles. The molecule has 0 radical (unpaired) electrons. The third kappa shape index (κ3) is 1.81. The first kappa shape index (κ1) is 10.4. The zero-order chi connectivity index (χ0) is 11.7. The normalized spacial score (nSPS) is 27.6. The Hall–Kier alpha value is -2.11. The molecule has 1 aliphatic carbocycles. The SMILES string of the molecule is O=C(O)CC1NC(=O)C2C(=O)C=CC=C2N1. The topological polar surface area (TPSA) is 95.5 Å². The van der Waals surface area contributed by atoms with Gasteiger partial charge in [-0.1, -0.05) is 6.08 Å². The predicted molar refractivity (Wildman–Crippen MR) is 53.0 cm³/mol. The molecule has 3 N–H and O–H groups in total. The number of hydrogen-bond acceptors (Lipinski definition) is 4. The second kappa shape index (κ2) is 3.80. The number of allylic oxidation sites excluding steroid dienone is 3. The van der Waals surface area contributed by atoms with Crippen molar-refractivity contribution in [3.63, 3.8) is 0 Å². The maximum Gasteiger partial charge on any atom is 0.307 e. The maximum absolute atomic E-state index is 11.6. The minimum absolute atomic E-state index is 0.228. The van der Waals surface area contributed by atoms with E-state index in [2.05, 4.69) is 10.6 Å². The molecule has 1 amide bonds. The quantitative estimate of drug-likeness (QED) is 0.529. The van der Waals surface area contributed by atoms with Crippen LogP contribution in [0.25, 0.3) is 0 Å². The van der Waals surface area contributed by atoms with E-state index in [9.17, 15) is 14.4 Å². The van der Waals surface area contributed by atoms with Crippen molar-refractivity contribution in [1.82, 2.24) is 10.6 Å². The van der Waals surface area contributed by atoms with E-state index in [-0.39, 0.29) is 12.2 Å². The summed E-state index contributed by atoms with van der Waals surface area (Å²) >= 11 is 0. The molecule has 0 aromatic rings. The van der Waals surface area contributed by atoms with Crippen LogP contribution in [0.2, 0.25) is 0 Å². The van der Waals surface area contributed by atoms with E-state index in [0.717, 1.165) is 0 Å². The van der Waals surface area contributed by atoms with Gasteiger partial charge in [-0.05, 0) is 12.2 Å². The lowest BCUT2D eigenvalue weighted by molar-refractivity contribution is -0.138. The number of hydrogen-bond donors (Lipinski definition) is 3. The molecular formula is C10H10N2O4. The van der Waals surface area contributed by atoms with Gasteiger partial charge in [0.05, 0.1) is 6.42 Å². The minimum Gasteiger partial charge on any atom is -0.481 e. The minimum atomic E-state index is -1.02. The Balaban J connectivity index is 2.18. The molecule has 6 heteroatoms. The van der Waals surface area contributed by atoms with Gasteiger partial charge in [-0.15, -0.1) is 0 Å². The maximum atomic E-state index is 11.6. The third-order valence-electron chi connectivity index (χ3n) is 2.43. The highest BCUT2D eigenvalue weighted by molar-refractivity contribution is 6.10. The second-order valence-corrected chi connectivity index (χ2v) is 3.62. The monoisotopic (exact) mass is 222 g/mol. The summed E-state index contributed by atoms with van der Waals surface area (Å²) in [6.45, 7) is 0. The molecule has 2 rings (SSSR count). The number of carboxylic acids is 1. The van der Waals surface area contributed by atoms with E-state index in [4.69, 9.17) is 5.11 Å². The van der Waals surface area contributed by atoms with Crippen molar-refractivity contribution in [2.24, 2.45) is 5.92 Å². The van der Waals surface area contributed by atoms with Gasteiger partial charge in [-0.2, -0.15) is 0 Å². The van der Waals surface area contributed by atoms with Crippen molar-refractivity contribution in [2.75, 3.05) is 0 Å². The number of ketones is 1. The Labute approximate surface area is 91.0 Å². The fourth-order valence-corrected chi connectivity index (χ4v) is 1.76. The number of fused-ring (bicyclic) bond motifs is 1. The molecule has 84 valence electrons. The van der Waals surface area contributed by atoms with Crippen LogP contribution in [0.5, 0.6) is 0 Å². The van der Waals surface area contributed by atoms with E-state index >= 15 is 0 Å². The average molecular weight is 222 g/mol. The van der Waals surface area contributed by atoms with Gasteiger partial charge >= 0.3 is 5.97 Å². The first-order chi connectivity index (χ1) is 7.58. The van der Waals surface area contributed by atoms with Crippen LogP contribution in [0.1, 0.15) is 6.42 Å². The summed E-state index contributed by atoms with van der Waals surface area (Å²) < 4.78 is 0. The summed E-state index contributed by atoms with van der Waals surface area (Å²) in [5, 5.41) is 13.9. The van der Waals surface area contributed by atoms with Gasteiger partial charge in [-0.25, -0.2) is 0 Å². The van der Waals surface area contributed by atoms with Gasteiger partial charge in [0.25, 0.3) is 0 Å².